The lowest BCUT2D eigenvalue weighted by atomic mass is 9.88. The average Bonchev–Trinajstić information content (AvgIpc) is 3.57. The number of nitrogens with zero attached hydrogens (tertiary/aromatic N) is 4. The average molecular weight is 628 g/mol. The summed E-state index contributed by atoms with van der Waals surface area (Å²) >= 11 is 12.9. The Morgan fingerprint density at radius 2 is 1.88 bits per heavy atom. The number of nitrogen functional groups attached to an aromatic ring is 1. The SMILES string of the molecule is CC(C)(C)CCCNC(=O)Cc1ccc(Cl)cc1-n1c(C2CCCCC2)nc(-c2nnc(N)o2)c1-c1ccc(F)c(Cl)c1. The molecule has 4 aromatic rings. The minimum Gasteiger partial charge on any atom is -0.402 e. The molecule has 1 amide bonds. The van der Waals surface area contributed by atoms with E-state index in [9.17, 15) is 9.18 Å². The molecule has 8 nitrogen and oxygen atoms in total. The van der Waals surface area contributed by atoms with Crippen molar-refractivity contribution in [1.29, 1.82) is 0 Å². The standard InChI is InChI=1S/C32H37Cl2FN6O2/c1-32(2,3)14-7-15-37-26(42)17-20-10-12-22(33)18-25(20)41-28(21-11-13-24(35)23(34)16-21)27(30-39-40-31(36)43-30)38-29(41)19-8-5-4-6-9-19/h10-13,16,18-19H,4-9,14-15,17H2,1-3H3,(H2,36,40)(H,37,42). The number of nitrogens with one attached hydrogen (secondary N) is 1. The fourth-order valence-electron chi connectivity index (χ4n) is 5.68. The molecule has 0 bridgehead atoms. The predicted octanol–water partition coefficient (Wildman–Crippen LogP) is 8.15. The molecule has 3 N–H and O–H groups in total. The number of halogens is 3. The molecule has 2 heterocycles. The van der Waals surface area contributed by atoms with Crippen molar-refractivity contribution >= 4 is 35.1 Å². The zero-order valence-corrected chi connectivity index (χ0v) is 26.2. The molecule has 5 rings (SSSR count). The normalized spacial score (nSPS) is 14.3. The van der Waals surface area contributed by atoms with Crippen LogP contribution in [-0.2, 0) is 11.2 Å². The molecule has 0 atom stereocenters. The monoisotopic (exact) mass is 626 g/mol. The Hall–Kier alpha value is -3.43. The molecule has 1 saturated carbocycles. The number of carbonyl (C=O) groups is 1. The molecule has 2 aromatic carbocycles. The lowest BCUT2D eigenvalue weighted by Crippen LogP contribution is -2.27. The smallest absolute Gasteiger partial charge is 0.313 e. The summed E-state index contributed by atoms with van der Waals surface area (Å²) in [6, 6.07) is 9.86. The third kappa shape index (κ3) is 7.39. The van der Waals surface area contributed by atoms with E-state index in [1.54, 1.807) is 18.2 Å². The van der Waals surface area contributed by atoms with Gasteiger partial charge in [-0.25, -0.2) is 9.37 Å². The highest BCUT2D eigenvalue weighted by atomic mass is 35.5. The number of hydrogen-bond donors (Lipinski definition) is 2. The summed E-state index contributed by atoms with van der Waals surface area (Å²) in [5, 5.41) is 11.5. The summed E-state index contributed by atoms with van der Waals surface area (Å²) in [5.74, 6) is 0.391. The molecule has 1 aliphatic carbocycles. The second-order valence-corrected chi connectivity index (χ2v) is 13.2. The van der Waals surface area contributed by atoms with Gasteiger partial charge in [0.25, 0.3) is 5.89 Å². The number of aromatic nitrogens is 4. The molecule has 0 spiro atoms. The Balaban J connectivity index is 1.66. The fourth-order valence-corrected chi connectivity index (χ4v) is 6.03. The topological polar surface area (TPSA) is 112 Å². The van der Waals surface area contributed by atoms with Crippen molar-refractivity contribution < 1.29 is 13.6 Å². The van der Waals surface area contributed by atoms with Crippen LogP contribution >= 0.6 is 23.2 Å². The van der Waals surface area contributed by atoms with Crippen molar-refractivity contribution in [3.05, 3.63) is 63.6 Å². The molecule has 2 aromatic heterocycles. The first-order valence-electron chi connectivity index (χ1n) is 14.7. The van der Waals surface area contributed by atoms with Crippen LogP contribution in [0.2, 0.25) is 10.0 Å². The van der Waals surface area contributed by atoms with Crippen molar-refractivity contribution in [1.82, 2.24) is 25.1 Å². The maximum absolute atomic E-state index is 14.3. The van der Waals surface area contributed by atoms with Gasteiger partial charge in [-0.05, 0) is 67.0 Å². The van der Waals surface area contributed by atoms with Gasteiger partial charge in [-0.2, -0.15) is 0 Å². The van der Waals surface area contributed by atoms with E-state index in [4.69, 9.17) is 38.3 Å². The van der Waals surface area contributed by atoms with Crippen LogP contribution in [0.15, 0.2) is 40.8 Å². The Labute approximate surface area is 261 Å². The maximum Gasteiger partial charge on any atom is 0.313 e. The minimum atomic E-state index is -0.542. The van der Waals surface area contributed by atoms with Gasteiger partial charge in [0.1, 0.15) is 11.6 Å². The van der Waals surface area contributed by atoms with Crippen LogP contribution in [0, 0.1) is 11.2 Å². The lowest BCUT2D eigenvalue weighted by molar-refractivity contribution is -0.120. The van der Waals surface area contributed by atoms with Crippen LogP contribution in [-0.4, -0.2) is 32.2 Å². The molecule has 0 unspecified atom stereocenters. The summed E-state index contributed by atoms with van der Waals surface area (Å²) in [6.45, 7) is 7.16. The molecule has 0 radical (unpaired) electrons. The maximum atomic E-state index is 14.3. The first kappa shape index (κ1) is 31.0. The van der Waals surface area contributed by atoms with Crippen LogP contribution in [0.5, 0.6) is 0 Å². The van der Waals surface area contributed by atoms with Gasteiger partial charge in [0, 0.05) is 23.0 Å². The van der Waals surface area contributed by atoms with Crippen molar-refractivity contribution in [3.63, 3.8) is 0 Å². The number of anilines is 1. The number of amides is 1. The first-order chi connectivity index (χ1) is 20.5. The number of hydrogen-bond acceptors (Lipinski definition) is 6. The lowest BCUT2D eigenvalue weighted by Gasteiger charge is -2.24. The third-order valence-electron chi connectivity index (χ3n) is 7.77. The fraction of sp³-hybridized carbons (Fsp3) is 0.438. The van der Waals surface area contributed by atoms with Crippen molar-refractivity contribution in [2.24, 2.45) is 5.41 Å². The van der Waals surface area contributed by atoms with Crippen molar-refractivity contribution in [3.8, 4) is 28.5 Å². The Kier molecular flexibility index (Phi) is 9.42. The molecule has 1 fully saturated rings. The molecule has 228 valence electrons. The highest BCUT2D eigenvalue weighted by molar-refractivity contribution is 6.31. The van der Waals surface area contributed by atoms with Gasteiger partial charge in [-0.1, -0.05) is 74.4 Å². The van der Waals surface area contributed by atoms with E-state index in [1.165, 1.54) is 6.07 Å². The molecule has 0 aliphatic heterocycles. The van der Waals surface area contributed by atoms with Crippen molar-refractivity contribution in [2.45, 2.75) is 78.1 Å². The molecule has 0 saturated heterocycles. The summed E-state index contributed by atoms with van der Waals surface area (Å²) in [5.41, 5.74) is 9.02. The highest BCUT2D eigenvalue weighted by Gasteiger charge is 2.31. The summed E-state index contributed by atoms with van der Waals surface area (Å²) in [4.78, 5) is 18.3. The zero-order chi connectivity index (χ0) is 30.7. The van der Waals surface area contributed by atoms with Crippen LogP contribution < -0.4 is 11.1 Å². The van der Waals surface area contributed by atoms with E-state index >= 15 is 0 Å². The molecular weight excluding hydrogens is 590 g/mol. The second-order valence-electron chi connectivity index (χ2n) is 12.4. The predicted molar refractivity (Wildman–Crippen MR) is 168 cm³/mol. The van der Waals surface area contributed by atoms with E-state index in [1.807, 2.05) is 16.7 Å². The van der Waals surface area contributed by atoms with E-state index in [-0.39, 0.29) is 40.6 Å². The van der Waals surface area contributed by atoms with Gasteiger partial charge < -0.3 is 15.5 Å². The van der Waals surface area contributed by atoms with Gasteiger partial charge in [0.15, 0.2) is 5.69 Å². The molecule has 43 heavy (non-hydrogen) atoms. The van der Waals surface area contributed by atoms with E-state index < -0.39 is 5.82 Å². The minimum absolute atomic E-state index is 0.0404. The molecule has 11 heteroatoms. The summed E-state index contributed by atoms with van der Waals surface area (Å²) < 4.78 is 22.0. The number of carbonyl (C=O) groups excluding carboxylic acids is 1. The first-order valence-corrected chi connectivity index (χ1v) is 15.5. The van der Waals surface area contributed by atoms with E-state index in [0.717, 1.165) is 56.3 Å². The summed E-state index contributed by atoms with van der Waals surface area (Å²) in [6.07, 6.45) is 7.20. The highest BCUT2D eigenvalue weighted by Crippen LogP contribution is 2.42. The zero-order valence-electron chi connectivity index (χ0n) is 24.7. The van der Waals surface area contributed by atoms with E-state index in [0.29, 0.717) is 34.2 Å². The quantitative estimate of drug-likeness (QED) is 0.181. The van der Waals surface area contributed by atoms with E-state index in [2.05, 4.69) is 36.3 Å². The van der Waals surface area contributed by atoms with Gasteiger partial charge in [-0.15, -0.1) is 5.10 Å². The molecule has 1 aliphatic rings. The van der Waals surface area contributed by atoms with Gasteiger partial charge in [-0.3, -0.25) is 9.36 Å². The number of imidazole rings is 1. The van der Waals surface area contributed by atoms with Gasteiger partial charge in [0.05, 0.1) is 22.8 Å². The number of nitrogens with two attached hydrogens (primary N) is 1. The Morgan fingerprint density at radius 1 is 1.12 bits per heavy atom. The van der Waals surface area contributed by atoms with Gasteiger partial charge >= 0.3 is 6.01 Å². The Bertz CT molecular complexity index is 1600. The van der Waals surface area contributed by atoms with Gasteiger partial charge in [0.2, 0.25) is 5.91 Å². The Morgan fingerprint density at radius 3 is 2.56 bits per heavy atom. The number of rotatable bonds is 9. The van der Waals surface area contributed by atoms with Crippen molar-refractivity contribution in [2.75, 3.05) is 12.3 Å². The number of benzene rings is 2. The van der Waals surface area contributed by atoms with Crippen LogP contribution in [0.4, 0.5) is 10.4 Å². The summed E-state index contributed by atoms with van der Waals surface area (Å²) in [7, 11) is 0. The second kappa shape index (κ2) is 13.1. The van der Waals surface area contributed by atoms with Crippen LogP contribution in [0.3, 0.4) is 0 Å². The third-order valence-corrected chi connectivity index (χ3v) is 8.30. The largest absolute Gasteiger partial charge is 0.402 e. The van der Waals surface area contributed by atoms with Crippen LogP contribution in [0.25, 0.3) is 28.5 Å². The van der Waals surface area contributed by atoms with Crippen LogP contribution in [0.1, 0.15) is 83.0 Å². The molecular formula is C32H37Cl2FN6O2.